The van der Waals surface area contributed by atoms with Crippen molar-refractivity contribution < 1.29 is 9.53 Å². The summed E-state index contributed by atoms with van der Waals surface area (Å²) in [6.45, 7) is 8.00. The normalized spacial score (nSPS) is 14.6. The molecule has 0 unspecified atom stereocenters. The molecule has 0 spiro atoms. The van der Waals surface area contributed by atoms with E-state index in [1.54, 1.807) is 12.5 Å². The van der Waals surface area contributed by atoms with Crippen LogP contribution in [0.4, 0.5) is 22.1 Å². The van der Waals surface area contributed by atoms with Crippen LogP contribution in [0.5, 0.6) is 0 Å². The van der Waals surface area contributed by atoms with E-state index >= 15 is 0 Å². The molecule has 1 fully saturated rings. The van der Waals surface area contributed by atoms with E-state index in [-0.39, 0.29) is 6.09 Å². The van der Waals surface area contributed by atoms with Crippen LogP contribution in [0.3, 0.4) is 0 Å². The van der Waals surface area contributed by atoms with Crippen molar-refractivity contribution in [1.29, 1.82) is 0 Å². The fourth-order valence-corrected chi connectivity index (χ4v) is 4.00. The topological polar surface area (TPSA) is 88.4 Å². The molecule has 1 aromatic carbocycles. The number of hydrogen-bond donors (Lipinski definition) is 1. The Labute approximate surface area is 200 Å². The number of aromatic nitrogens is 4. The monoisotopic (exact) mass is 463 g/mol. The van der Waals surface area contributed by atoms with Gasteiger partial charge in [-0.3, -0.25) is 0 Å². The third-order valence-corrected chi connectivity index (χ3v) is 5.75. The van der Waals surface area contributed by atoms with Crippen LogP contribution in [0.1, 0.15) is 33.6 Å². The molecule has 0 aliphatic carbocycles. The maximum atomic E-state index is 12.3. The second-order valence-corrected chi connectivity index (χ2v) is 9.68. The number of piperidine rings is 1. The Morgan fingerprint density at radius 3 is 2.56 bits per heavy atom. The SMILES string of the molecule is CN(CC1CCN(C(=O)OC(C)(C)C)CC1)c1cc(Nc2ccc(-n3cccn3)cc2)ncn1. The van der Waals surface area contributed by atoms with Gasteiger partial charge in [0.15, 0.2) is 0 Å². The number of likely N-dealkylation sites (tertiary alicyclic amines) is 1. The van der Waals surface area contributed by atoms with E-state index in [9.17, 15) is 4.79 Å². The van der Waals surface area contributed by atoms with Crippen molar-refractivity contribution in [1.82, 2.24) is 24.6 Å². The van der Waals surface area contributed by atoms with E-state index in [1.165, 1.54) is 0 Å². The molecule has 9 heteroatoms. The quantitative estimate of drug-likeness (QED) is 0.576. The Kier molecular flexibility index (Phi) is 7.00. The molecule has 1 amide bonds. The van der Waals surface area contributed by atoms with Crippen LogP contribution in [-0.2, 0) is 4.74 Å². The summed E-state index contributed by atoms with van der Waals surface area (Å²) in [5.74, 6) is 2.09. The minimum atomic E-state index is -0.464. The van der Waals surface area contributed by atoms with E-state index in [4.69, 9.17) is 4.74 Å². The summed E-state index contributed by atoms with van der Waals surface area (Å²) in [6, 6.07) is 11.9. The van der Waals surface area contributed by atoms with Crippen molar-refractivity contribution in [2.75, 3.05) is 36.9 Å². The Hall–Kier alpha value is -3.62. The van der Waals surface area contributed by atoms with E-state index in [1.807, 2.05) is 80.0 Å². The number of benzene rings is 1. The third kappa shape index (κ3) is 6.24. The van der Waals surface area contributed by atoms with Gasteiger partial charge in [0.05, 0.1) is 5.69 Å². The summed E-state index contributed by atoms with van der Waals surface area (Å²) < 4.78 is 7.32. The van der Waals surface area contributed by atoms with Gasteiger partial charge in [0, 0.05) is 50.8 Å². The van der Waals surface area contributed by atoms with Gasteiger partial charge in [0.25, 0.3) is 0 Å². The lowest BCUT2D eigenvalue weighted by Crippen LogP contribution is -2.43. The van der Waals surface area contributed by atoms with Gasteiger partial charge in [0.2, 0.25) is 0 Å². The van der Waals surface area contributed by atoms with Gasteiger partial charge in [-0.2, -0.15) is 5.10 Å². The molecule has 1 N–H and O–H groups in total. The van der Waals surface area contributed by atoms with Crippen LogP contribution in [-0.4, -0.2) is 63.0 Å². The van der Waals surface area contributed by atoms with Gasteiger partial charge >= 0.3 is 6.09 Å². The van der Waals surface area contributed by atoms with Gasteiger partial charge in [0.1, 0.15) is 23.6 Å². The summed E-state index contributed by atoms with van der Waals surface area (Å²) in [5, 5.41) is 7.60. The molecule has 0 bridgehead atoms. The summed E-state index contributed by atoms with van der Waals surface area (Å²) in [7, 11) is 2.05. The zero-order valence-corrected chi connectivity index (χ0v) is 20.3. The van der Waals surface area contributed by atoms with Crippen LogP contribution in [0.15, 0.2) is 55.1 Å². The maximum absolute atomic E-state index is 12.3. The van der Waals surface area contributed by atoms with Crippen molar-refractivity contribution in [2.24, 2.45) is 5.92 Å². The molecule has 0 radical (unpaired) electrons. The molecule has 0 atom stereocenters. The Bertz CT molecular complexity index is 1070. The number of nitrogens with zero attached hydrogens (tertiary/aromatic N) is 6. The van der Waals surface area contributed by atoms with E-state index in [0.717, 1.165) is 55.5 Å². The van der Waals surface area contributed by atoms with Crippen LogP contribution in [0.25, 0.3) is 5.69 Å². The Morgan fingerprint density at radius 1 is 1.18 bits per heavy atom. The molecule has 9 nitrogen and oxygen atoms in total. The second kappa shape index (κ2) is 10.1. The molecule has 1 aliphatic heterocycles. The molecule has 1 aliphatic rings. The zero-order chi connectivity index (χ0) is 24.1. The molecular weight excluding hydrogens is 430 g/mol. The van der Waals surface area contributed by atoms with Crippen LogP contribution < -0.4 is 10.2 Å². The average molecular weight is 464 g/mol. The number of carbonyl (C=O) groups excluding carboxylic acids is 1. The number of hydrogen-bond acceptors (Lipinski definition) is 7. The second-order valence-electron chi connectivity index (χ2n) is 9.68. The van der Waals surface area contributed by atoms with Gasteiger partial charge in [-0.1, -0.05) is 0 Å². The van der Waals surface area contributed by atoms with E-state index in [0.29, 0.717) is 5.92 Å². The van der Waals surface area contributed by atoms with Crippen LogP contribution in [0, 0.1) is 5.92 Å². The summed E-state index contributed by atoms with van der Waals surface area (Å²) in [5.41, 5.74) is 1.48. The van der Waals surface area contributed by atoms with Gasteiger partial charge in [-0.05, 0) is 69.9 Å². The highest BCUT2D eigenvalue weighted by atomic mass is 16.6. The summed E-state index contributed by atoms with van der Waals surface area (Å²) >= 11 is 0. The Morgan fingerprint density at radius 2 is 1.91 bits per heavy atom. The highest BCUT2D eigenvalue weighted by Crippen LogP contribution is 2.24. The lowest BCUT2D eigenvalue weighted by Gasteiger charge is -2.35. The molecule has 2 aromatic heterocycles. The number of carbonyl (C=O) groups is 1. The molecule has 3 aromatic rings. The molecular formula is C25H33N7O2. The number of anilines is 3. The van der Waals surface area contributed by atoms with Crippen LogP contribution in [0.2, 0.25) is 0 Å². The van der Waals surface area contributed by atoms with E-state index in [2.05, 4.69) is 25.3 Å². The number of ether oxygens (including phenoxy) is 1. The summed E-state index contributed by atoms with van der Waals surface area (Å²) in [4.78, 5) is 25.1. The molecule has 0 saturated carbocycles. The van der Waals surface area contributed by atoms with Crippen molar-refractivity contribution in [3.8, 4) is 5.69 Å². The lowest BCUT2D eigenvalue weighted by atomic mass is 9.96. The maximum Gasteiger partial charge on any atom is 0.410 e. The smallest absolute Gasteiger partial charge is 0.410 e. The number of nitrogens with one attached hydrogen (secondary N) is 1. The molecule has 4 rings (SSSR count). The first-order valence-corrected chi connectivity index (χ1v) is 11.6. The molecule has 34 heavy (non-hydrogen) atoms. The molecule has 3 heterocycles. The Balaban J connectivity index is 1.30. The highest BCUT2D eigenvalue weighted by Gasteiger charge is 2.27. The zero-order valence-electron chi connectivity index (χ0n) is 20.3. The first-order valence-electron chi connectivity index (χ1n) is 11.6. The minimum Gasteiger partial charge on any atom is -0.444 e. The first kappa shape index (κ1) is 23.5. The minimum absolute atomic E-state index is 0.219. The third-order valence-electron chi connectivity index (χ3n) is 5.75. The molecule has 180 valence electrons. The van der Waals surface area contributed by atoms with Crippen molar-refractivity contribution in [2.45, 2.75) is 39.2 Å². The van der Waals surface area contributed by atoms with Crippen molar-refractivity contribution in [3.63, 3.8) is 0 Å². The fraction of sp³-hybridized carbons (Fsp3) is 0.440. The van der Waals surface area contributed by atoms with E-state index < -0.39 is 5.60 Å². The van der Waals surface area contributed by atoms with Crippen molar-refractivity contribution >= 4 is 23.4 Å². The summed E-state index contributed by atoms with van der Waals surface area (Å²) in [6.07, 6.45) is 6.93. The molecule has 1 saturated heterocycles. The van der Waals surface area contributed by atoms with Gasteiger partial charge < -0.3 is 19.9 Å². The first-order chi connectivity index (χ1) is 16.3. The van der Waals surface area contributed by atoms with Crippen molar-refractivity contribution in [3.05, 3.63) is 55.1 Å². The predicted octanol–water partition coefficient (Wildman–Crippen LogP) is 4.49. The number of amides is 1. The predicted molar refractivity (Wildman–Crippen MR) is 133 cm³/mol. The lowest BCUT2D eigenvalue weighted by molar-refractivity contribution is 0.0186. The highest BCUT2D eigenvalue weighted by molar-refractivity contribution is 5.68. The fourth-order valence-electron chi connectivity index (χ4n) is 4.00. The largest absolute Gasteiger partial charge is 0.444 e. The average Bonchev–Trinajstić information content (AvgIpc) is 3.34. The van der Waals surface area contributed by atoms with Gasteiger partial charge in [-0.25, -0.2) is 19.4 Å². The number of rotatable bonds is 6. The van der Waals surface area contributed by atoms with Gasteiger partial charge in [-0.15, -0.1) is 0 Å². The van der Waals surface area contributed by atoms with Crippen LogP contribution >= 0.6 is 0 Å². The standard InChI is InChI=1S/C25H33N7O2/c1-25(2,3)34-24(33)31-14-10-19(11-15-31)17-30(4)23-16-22(26-18-27-23)29-20-6-8-21(9-7-20)32-13-5-12-28-32/h5-9,12-13,16,18-19H,10-11,14-15,17H2,1-4H3,(H,26,27,29).